The molecule has 1 aromatic heterocycles. The fraction of sp³-hybridized carbons (Fsp3) is 0.526. The molecule has 0 fully saturated rings. The van der Waals surface area contributed by atoms with Crippen molar-refractivity contribution in [2.75, 3.05) is 13.7 Å². The first-order valence-electron chi connectivity index (χ1n) is 8.57. The topological polar surface area (TPSA) is 68.5 Å². The lowest BCUT2D eigenvalue weighted by molar-refractivity contribution is 0.0596. The summed E-state index contributed by atoms with van der Waals surface area (Å²) in [6.45, 7) is 9.19. The molecule has 0 spiro atoms. The van der Waals surface area contributed by atoms with E-state index in [-0.39, 0.29) is 23.3 Å². The maximum Gasteiger partial charge on any atom is 0.255 e. The third-order valence-electron chi connectivity index (χ3n) is 4.62. The van der Waals surface area contributed by atoms with E-state index < -0.39 is 0 Å². The van der Waals surface area contributed by atoms with E-state index in [2.05, 4.69) is 24.0 Å². The van der Waals surface area contributed by atoms with Crippen LogP contribution in [0.15, 0.2) is 28.8 Å². The Morgan fingerprint density at radius 2 is 2.04 bits per heavy atom. The van der Waals surface area contributed by atoms with Crippen molar-refractivity contribution in [2.45, 2.75) is 45.7 Å². The number of hydrogen-bond donors (Lipinski definition) is 0. The molecule has 1 amide bonds. The van der Waals surface area contributed by atoms with Crippen LogP contribution < -0.4 is 0 Å². The minimum atomic E-state index is -0.351. The largest absolute Gasteiger partial charge is 0.384 e. The predicted octanol–water partition coefficient (Wildman–Crippen LogP) is 3.35. The van der Waals surface area contributed by atoms with E-state index in [1.54, 1.807) is 7.11 Å². The molecule has 0 bridgehead atoms. The zero-order chi connectivity index (χ0) is 18.2. The number of amides is 1. The molecule has 25 heavy (non-hydrogen) atoms. The monoisotopic (exact) mass is 343 g/mol. The molecular weight excluding hydrogens is 318 g/mol. The second-order valence-corrected chi connectivity index (χ2v) is 7.55. The molecule has 1 aromatic carbocycles. The van der Waals surface area contributed by atoms with Crippen molar-refractivity contribution in [3.8, 4) is 0 Å². The first-order chi connectivity index (χ1) is 11.8. The van der Waals surface area contributed by atoms with E-state index in [1.807, 2.05) is 43.0 Å². The lowest BCUT2D eigenvalue weighted by Crippen LogP contribution is -2.33. The molecule has 2 heterocycles. The SMILES string of the molecule is COCC(C)(C)c1noc([C@@H](C(C)C)N2Cc3ccccc3C2=O)n1. The van der Waals surface area contributed by atoms with Crippen LogP contribution in [0.3, 0.4) is 0 Å². The summed E-state index contributed by atoms with van der Waals surface area (Å²) < 4.78 is 10.8. The third kappa shape index (κ3) is 3.18. The van der Waals surface area contributed by atoms with Crippen molar-refractivity contribution in [1.29, 1.82) is 0 Å². The quantitative estimate of drug-likeness (QED) is 0.804. The van der Waals surface area contributed by atoms with Gasteiger partial charge in [0.1, 0.15) is 6.04 Å². The van der Waals surface area contributed by atoms with Crippen LogP contribution in [0.1, 0.15) is 61.4 Å². The number of methoxy groups -OCH3 is 1. The molecule has 0 unspecified atom stereocenters. The number of rotatable bonds is 6. The van der Waals surface area contributed by atoms with Gasteiger partial charge in [0, 0.05) is 19.2 Å². The van der Waals surface area contributed by atoms with Crippen molar-refractivity contribution in [3.63, 3.8) is 0 Å². The summed E-state index contributed by atoms with van der Waals surface area (Å²) in [6, 6.07) is 7.46. The van der Waals surface area contributed by atoms with E-state index in [9.17, 15) is 4.79 Å². The number of benzene rings is 1. The fourth-order valence-corrected chi connectivity index (χ4v) is 3.34. The number of aromatic nitrogens is 2. The summed E-state index contributed by atoms with van der Waals surface area (Å²) in [4.78, 5) is 19.3. The zero-order valence-electron chi connectivity index (χ0n) is 15.4. The third-order valence-corrected chi connectivity index (χ3v) is 4.62. The lowest BCUT2D eigenvalue weighted by Gasteiger charge is -2.28. The molecule has 0 aliphatic carbocycles. The zero-order valence-corrected chi connectivity index (χ0v) is 15.4. The van der Waals surface area contributed by atoms with Gasteiger partial charge in [0.15, 0.2) is 5.82 Å². The number of carbonyl (C=O) groups is 1. The predicted molar refractivity (Wildman–Crippen MR) is 93.1 cm³/mol. The first-order valence-corrected chi connectivity index (χ1v) is 8.57. The Hall–Kier alpha value is -2.21. The highest BCUT2D eigenvalue weighted by molar-refractivity contribution is 5.98. The Labute approximate surface area is 148 Å². The number of hydrogen-bond acceptors (Lipinski definition) is 5. The van der Waals surface area contributed by atoms with Crippen molar-refractivity contribution in [1.82, 2.24) is 15.0 Å². The van der Waals surface area contributed by atoms with E-state index in [1.165, 1.54) is 0 Å². The van der Waals surface area contributed by atoms with Crippen LogP contribution in [-0.2, 0) is 16.7 Å². The smallest absolute Gasteiger partial charge is 0.255 e. The highest BCUT2D eigenvalue weighted by Gasteiger charge is 2.38. The Bertz CT molecular complexity index is 767. The van der Waals surface area contributed by atoms with Crippen molar-refractivity contribution < 1.29 is 14.1 Å². The summed E-state index contributed by atoms with van der Waals surface area (Å²) in [7, 11) is 1.65. The normalized spacial score (nSPS) is 15.8. The van der Waals surface area contributed by atoms with Gasteiger partial charge in [-0.05, 0) is 17.5 Å². The van der Waals surface area contributed by atoms with Gasteiger partial charge in [-0.3, -0.25) is 4.79 Å². The van der Waals surface area contributed by atoms with Crippen molar-refractivity contribution in [2.24, 2.45) is 5.92 Å². The van der Waals surface area contributed by atoms with Gasteiger partial charge in [0.25, 0.3) is 5.91 Å². The Balaban J connectivity index is 1.91. The van der Waals surface area contributed by atoms with Gasteiger partial charge in [0.05, 0.1) is 12.0 Å². The molecule has 3 rings (SSSR count). The average Bonchev–Trinajstić information content (AvgIpc) is 3.15. The molecule has 0 saturated heterocycles. The molecule has 134 valence electrons. The summed E-state index contributed by atoms with van der Waals surface area (Å²) in [5, 5.41) is 4.15. The average molecular weight is 343 g/mol. The molecule has 1 aliphatic rings. The molecular formula is C19H25N3O3. The second-order valence-electron chi connectivity index (χ2n) is 7.55. The Morgan fingerprint density at radius 3 is 2.68 bits per heavy atom. The van der Waals surface area contributed by atoms with Crippen LogP contribution >= 0.6 is 0 Å². The maximum absolute atomic E-state index is 12.8. The first kappa shape index (κ1) is 17.6. The van der Waals surface area contributed by atoms with Crippen LogP contribution in [-0.4, -0.2) is 34.7 Å². The molecule has 1 atom stereocenters. The van der Waals surface area contributed by atoms with Crippen molar-refractivity contribution >= 4 is 5.91 Å². The minimum absolute atomic E-state index is 0.0187. The lowest BCUT2D eigenvalue weighted by atomic mass is 9.94. The van der Waals surface area contributed by atoms with Crippen LogP contribution in [0.25, 0.3) is 0 Å². The summed E-state index contributed by atoms with van der Waals surface area (Å²) >= 11 is 0. The van der Waals surface area contributed by atoms with Crippen molar-refractivity contribution in [3.05, 3.63) is 47.1 Å². The van der Waals surface area contributed by atoms with Gasteiger partial charge in [0.2, 0.25) is 5.89 Å². The van der Waals surface area contributed by atoms with Crippen LogP contribution in [0, 0.1) is 5.92 Å². The van der Waals surface area contributed by atoms with E-state index in [0.29, 0.717) is 24.9 Å². The van der Waals surface area contributed by atoms with E-state index in [0.717, 1.165) is 11.1 Å². The number of nitrogens with zero attached hydrogens (tertiary/aromatic N) is 3. The summed E-state index contributed by atoms with van der Waals surface area (Å²) in [6.07, 6.45) is 0. The van der Waals surface area contributed by atoms with Gasteiger partial charge in [-0.15, -0.1) is 0 Å². The van der Waals surface area contributed by atoms with Crippen LogP contribution in [0.5, 0.6) is 0 Å². The number of fused-ring (bicyclic) bond motifs is 1. The van der Waals surface area contributed by atoms with Gasteiger partial charge in [-0.25, -0.2) is 0 Å². The summed E-state index contributed by atoms with van der Waals surface area (Å²) in [5.74, 6) is 1.25. The number of ether oxygens (including phenoxy) is 1. The van der Waals surface area contributed by atoms with Gasteiger partial charge < -0.3 is 14.2 Å². The van der Waals surface area contributed by atoms with Crippen LogP contribution in [0.2, 0.25) is 0 Å². The number of carbonyl (C=O) groups excluding carboxylic acids is 1. The van der Waals surface area contributed by atoms with E-state index in [4.69, 9.17) is 9.26 Å². The molecule has 0 saturated carbocycles. The molecule has 2 aromatic rings. The fourth-order valence-electron chi connectivity index (χ4n) is 3.34. The Morgan fingerprint density at radius 1 is 1.32 bits per heavy atom. The molecule has 1 aliphatic heterocycles. The molecule has 0 N–H and O–H groups in total. The second kappa shape index (κ2) is 6.59. The van der Waals surface area contributed by atoms with Gasteiger partial charge in [-0.1, -0.05) is 51.1 Å². The Kier molecular flexibility index (Phi) is 4.64. The van der Waals surface area contributed by atoms with E-state index >= 15 is 0 Å². The summed E-state index contributed by atoms with van der Waals surface area (Å²) in [5.41, 5.74) is 1.45. The highest BCUT2D eigenvalue weighted by Crippen LogP contribution is 2.35. The standard InChI is InChI=1S/C19H25N3O3/c1-12(2)15(16-20-18(21-25-16)19(3,4)11-24-5)22-10-13-8-6-7-9-14(13)17(22)23/h6-9,12,15H,10-11H2,1-5H3/t15-/m1/s1. The minimum Gasteiger partial charge on any atom is -0.384 e. The maximum atomic E-state index is 12.8. The van der Waals surface area contributed by atoms with Gasteiger partial charge in [-0.2, -0.15) is 4.98 Å². The van der Waals surface area contributed by atoms with Gasteiger partial charge >= 0.3 is 0 Å². The molecule has 0 radical (unpaired) electrons. The molecule has 6 nitrogen and oxygen atoms in total. The highest BCUT2D eigenvalue weighted by atomic mass is 16.5. The molecule has 6 heteroatoms. The van der Waals surface area contributed by atoms with Crippen LogP contribution in [0.4, 0.5) is 0 Å².